The summed E-state index contributed by atoms with van der Waals surface area (Å²) in [6, 6.07) is 10.4. The van der Waals surface area contributed by atoms with Crippen LogP contribution in [0.15, 0.2) is 30.3 Å². The minimum atomic E-state index is 0.00105. The van der Waals surface area contributed by atoms with E-state index in [1.807, 2.05) is 11.0 Å². The van der Waals surface area contributed by atoms with Gasteiger partial charge in [-0.15, -0.1) is 0 Å². The first kappa shape index (κ1) is 14.6. The maximum absolute atomic E-state index is 12.5. The molecule has 21 heavy (non-hydrogen) atoms. The van der Waals surface area contributed by atoms with E-state index in [9.17, 15) is 4.79 Å². The molecule has 0 aromatic heterocycles. The van der Waals surface area contributed by atoms with Gasteiger partial charge in [0.25, 0.3) is 0 Å². The average molecular weight is 286 g/mol. The second kappa shape index (κ2) is 6.61. The molecule has 1 heterocycles. The van der Waals surface area contributed by atoms with E-state index in [0.717, 1.165) is 31.7 Å². The zero-order valence-corrected chi connectivity index (χ0v) is 12.9. The quantitative estimate of drug-likeness (QED) is 0.836. The Morgan fingerprint density at radius 3 is 2.67 bits per heavy atom. The summed E-state index contributed by atoms with van der Waals surface area (Å²) in [5.41, 5.74) is 1.31. The lowest BCUT2D eigenvalue weighted by Gasteiger charge is -2.20. The number of benzene rings is 1. The third-order valence-electron chi connectivity index (χ3n) is 4.76. The maximum atomic E-state index is 12.5. The number of hydrogen-bond acceptors (Lipinski definition) is 2. The van der Waals surface area contributed by atoms with Crippen LogP contribution >= 0.6 is 0 Å². The van der Waals surface area contributed by atoms with Gasteiger partial charge in [0.05, 0.1) is 12.2 Å². The third kappa shape index (κ3) is 3.85. The van der Waals surface area contributed by atoms with Crippen molar-refractivity contribution < 1.29 is 4.79 Å². The van der Waals surface area contributed by atoms with Crippen molar-refractivity contribution in [3.05, 3.63) is 35.9 Å². The van der Waals surface area contributed by atoms with Gasteiger partial charge in [-0.2, -0.15) is 0 Å². The van der Waals surface area contributed by atoms with Crippen molar-refractivity contribution >= 4 is 5.91 Å². The highest BCUT2D eigenvalue weighted by Gasteiger charge is 2.35. The number of nitrogens with one attached hydrogen (secondary N) is 1. The number of nitrogens with zero attached hydrogens (tertiary/aromatic N) is 1. The molecule has 1 saturated heterocycles. The first-order valence-corrected chi connectivity index (χ1v) is 8.34. The molecule has 1 aliphatic heterocycles. The van der Waals surface area contributed by atoms with Crippen LogP contribution < -0.4 is 5.32 Å². The Labute approximate surface area is 127 Å². The molecule has 1 aliphatic carbocycles. The zero-order valence-electron chi connectivity index (χ0n) is 12.9. The smallest absolute Gasteiger partial charge is 0.241 e. The molecule has 1 N–H and O–H groups in total. The standard InChI is InChI=1S/C18H26N2O/c1-14-19-17(12-11-15-6-3-2-4-7-15)18(21)20(14)13-5-8-16-9-10-16/h2-4,6-7,14,16-17,19H,5,8-13H2,1H3. The minimum absolute atomic E-state index is 0.00105. The first-order chi connectivity index (χ1) is 10.2. The summed E-state index contributed by atoms with van der Waals surface area (Å²) < 4.78 is 0. The van der Waals surface area contributed by atoms with Gasteiger partial charge in [-0.25, -0.2) is 0 Å². The van der Waals surface area contributed by atoms with Gasteiger partial charge in [-0.1, -0.05) is 43.2 Å². The number of rotatable bonds is 7. The second-order valence-electron chi connectivity index (χ2n) is 6.54. The van der Waals surface area contributed by atoms with E-state index in [4.69, 9.17) is 0 Å². The summed E-state index contributed by atoms with van der Waals surface area (Å²) in [4.78, 5) is 14.5. The summed E-state index contributed by atoms with van der Waals surface area (Å²) in [7, 11) is 0. The number of amides is 1. The molecule has 1 saturated carbocycles. The van der Waals surface area contributed by atoms with Crippen LogP contribution in [0.5, 0.6) is 0 Å². The van der Waals surface area contributed by atoms with Crippen molar-refractivity contribution in [1.82, 2.24) is 10.2 Å². The molecule has 3 rings (SSSR count). The predicted octanol–water partition coefficient (Wildman–Crippen LogP) is 2.96. The molecule has 114 valence electrons. The number of carbonyl (C=O) groups is 1. The Bertz CT molecular complexity index is 469. The van der Waals surface area contributed by atoms with Crippen LogP contribution in [0, 0.1) is 5.92 Å². The van der Waals surface area contributed by atoms with Crippen LogP contribution in [0.1, 0.15) is 44.6 Å². The Morgan fingerprint density at radius 2 is 1.95 bits per heavy atom. The van der Waals surface area contributed by atoms with Crippen LogP contribution in [0.25, 0.3) is 0 Å². The van der Waals surface area contributed by atoms with Gasteiger partial charge in [0.15, 0.2) is 0 Å². The normalized spacial score (nSPS) is 25.6. The lowest BCUT2D eigenvalue weighted by Crippen LogP contribution is -2.35. The van der Waals surface area contributed by atoms with E-state index in [0.29, 0.717) is 5.91 Å². The Kier molecular flexibility index (Phi) is 4.59. The summed E-state index contributed by atoms with van der Waals surface area (Å²) in [6.45, 7) is 3.03. The number of hydrogen-bond donors (Lipinski definition) is 1. The second-order valence-corrected chi connectivity index (χ2v) is 6.54. The summed E-state index contributed by atoms with van der Waals surface area (Å²) in [5, 5.41) is 3.45. The van der Waals surface area contributed by atoms with Gasteiger partial charge in [0.1, 0.15) is 0 Å². The molecule has 2 aliphatic rings. The fraction of sp³-hybridized carbons (Fsp3) is 0.611. The van der Waals surface area contributed by atoms with Gasteiger partial charge >= 0.3 is 0 Å². The maximum Gasteiger partial charge on any atom is 0.241 e. The van der Waals surface area contributed by atoms with Crippen molar-refractivity contribution in [2.24, 2.45) is 5.92 Å². The topological polar surface area (TPSA) is 32.3 Å². The van der Waals surface area contributed by atoms with Crippen molar-refractivity contribution in [3.63, 3.8) is 0 Å². The summed E-state index contributed by atoms with van der Waals surface area (Å²) in [5.74, 6) is 1.26. The molecule has 3 heteroatoms. The molecule has 2 fully saturated rings. The van der Waals surface area contributed by atoms with Crippen molar-refractivity contribution in [1.29, 1.82) is 0 Å². The molecule has 1 aromatic carbocycles. The van der Waals surface area contributed by atoms with E-state index < -0.39 is 0 Å². The van der Waals surface area contributed by atoms with Crippen LogP contribution in [0.4, 0.5) is 0 Å². The molecule has 3 nitrogen and oxygen atoms in total. The van der Waals surface area contributed by atoms with E-state index >= 15 is 0 Å². The highest BCUT2D eigenvalue weighted by atomic mass is 16.2. The van der Waals surface area contributed by atoms with Crippen LogP contribution in [-0.2, 0) is 11.2 Å². The Balaban J connectivity index is 1.46. The Morgan fingerprint density at radius 1 is 1.19 bits per heavy atom. The SMILES string of the molecule is CC1NC(CCc2ccccc2)C(=O)N1CCCC1CC1. The minimum Gasteiger partial charge on any atom is -0.326 e. The number of aryl methyl sites for hydroxylation is 1. The summed E-state index contributed by atoms with van der Waals surface area (Å²) >= 11 is 0. The third-order valence-corrected chi connectivity index (χ3v) is 4.76. The monoisotopic (exact) mass is 286 g/mol. The molecule has 2 atom stereocenters. The average Bonchev–Trinajstić information content (AvgIpc) is 3.28. The zero-order chi connectivity index (χ0) is 14.7. The molecule has 0 bridgehead atoms. The van der Waals surface area contributed by atoms with E-state index in [-0.39, 0.29) is 12.2 Å². The van der Waals surface area contributed by atoms with Crippen LogP contribution in [0.3, 0.4) is 0 Å². The van der Waals surface area contributed by atoms with Crippen LogP contribution in [0.2, 0.25) is 0 Å². The van der Waals surface area contributed by atoms with Crippen molar-refractivity contribution in [3.8, 4) is 0 Å². The molecule has 0 spiro atoms. The van der Waals surface area contributed by atoms with E-state index in [1.165, 1.54) is 24.8 Å². The lowest BCUT2D eigenvalue weighted by molar-refractivity contribution is -0.130. The van der Waals surface area contributed by atoms with Gasteiger partial charge in [0, 0.05) is 6.54 Å². The van der Waals surface area contributed by atoms with Crippen molar-refractivity contribution in [2.75, 3.05) is 6.54 Å². The molecule has 1 aromatic rings. The first-order valence-electron chi connectivity index (χ1n) is 8.34. The van der Waals surface area contributed by atoms with Gasteiger partial charge in [-0.05, 0) is 44.1 Å². The molecular formula is C18H26N2O. The molecule has 2 unspecified atom stereocenters. The predicted molar refractivity (Wildman–Crippen MR) is 84.8 cm³/mol. The fourth-order valence-electron chi connectivity index (χ4n) is 3.27. The Hall–Kier alpha value is -1.35. The summed E-state index contributed by atoms with van der Waals surface area (Å²) in [6.07, 6.45) is 7.32. The van der Waals surface area contributed by atoms with E-state index in [2.05, 4.69) is 36.5 Å². The van der Waals surface area contributed by atoms with Crippen LogP contribution in [-0.4, -0.2) is 29.6 Å². The van der Waals surface area contributed by atoms with Gasteiger partial charge in [0.2, 0.25) is 5.91 Å². The molecule has 1 amide bonds. The largest absolute Gasteiger partial charge is 0.326 e. The fourth-order valence-corrected chi connectivity index (χ4v) is 3.27. The van der Waals surface area contributed by atoms with E-state index in [1.54, 1.807) is 0 Å². The van der Waals surface area contributed by atoms with Gasteiger partial charge < -0.3 is 4.90 Å². The highest BCUT2D eigenvalue weighted by molar-refractivity contribution is 5.84. The lowest BCUT2D eigenvalue weighted by atomic mass is 10.1. The number of carbonyl (C=O) groups excluding carboxylic acids is 1. The van der Waals surface area contributed by atoms with Crippen molar-refractivity contribution in [2.45, 2.75) is 57.7 Å². The molecular weight excluding hydrogens is 260 g/mol. The highest BCUT2D eigenvalue weighted by Crippen LogP contribution is 2.33. The van der Waals surface area contributed by atoms with Gasteiger partial charge in [-0.3, -0.25) is 10.1 Å². The molecule has 0 radical (unpaired) electrons.